The summed E-state index contributed by atoms with van der Waals surface area (Å²) >= 11 is 0. The van der Waals surface area contributed by atoms with Crippen molar-refractivity contribution in [1.82, 2.24) is 16.0 Å². The zero-order chi connectivity index (χ0) is 16.5. The largest absolute Gasteiger partial charge is 0.480 e. The van der Waals surface area contributed by atoms with E-state index < -0.39 is 23.9 Å². The Bertz CT molecular complexity index is 400. The van der Waals surface area contributed by atoms with Crippen LogP contribution >= 0.6 is 0 Å². The number of hydrogen-bond donors (Lipinski definition) is 4. The topological polar surface area (TPSA) is 108 Å². The van der Waals surface area contributed by atoms with E-state index in [2.05, 4.69) is 22.9 Å². The smallest absolute Gasteiger partial charge is 0.321 e. The number of hydrogen-bond acceptors (Lipinski definition) is 4. The summed E-state index contributed by atoms with van der Waals surface area (Å²) in [6.45, 7) is 3.77. The van der Waals surface area contributed by atoms with Gasteiger partial charge in [-0.2, -0.15) is 0 Å². The lowest BCUT2D eigenvalue weighted by Gasteiger charge is -2.29. The van der Waals surface area contributed by atoms with Gasteiger partial charge in [0.05, 0.1) is 6.54 Å². The molecule has 3 atom stereocenters. The van der Waals surface area contributed by atoms with Crippen molar-refractivity contribution in [3.05, 3.63) is 0 Å². The second-order valence-corrected chi connectivity index (χ2v) is 5.95. The van der Waals surface area contributed by atoms with Gasteiger partial charge in [0.25, 0.3) is 0 Å². The summed E-state index contributed by atoms with van der Waals surface area (Å²) in [5.74, 6) is -1.10. The molecule has 1 aliphatic carbocycles. The van der Waals surface area contributed by atoms with Crippen LogP contribution in [-0.2, 0) is 9.59 Å². The van der Waals surface area contributed by atoms with Crippen LogP contribution < -0.4 is 16.0 Å². The fourth-order valence-corrected chi connectivity index (χ4v) is 2.72. The molecule has 3 unspecified atom stereocenters. The van der Waals surface area contributed by atoms with Gasteiger partial charge in [0.15, 0.2) is 0 Å². The van der Waals surface area contributed by atoms with Crippen molar-refractivity contribution < 1.29 is 19.5 Å². The summed E-state index contributed by atoms with van der Waals surface area (Å²) in [6.07, 6.45) is 5.41. The van der Waals surface area contributed by atoms with Gasteiger partial charge in [0, 0.05) is 6.04 Å². The number of carbonyl (C=O) groups is 3. The maximum atomic E-state index is 11.8. The van der Waals surface area contributed by atoms with Gasteiger partial charge in [-0.25, -0.2) is 4.79 Å². The fourth-order valence-electron chi connectivity index (χ4n) is 2.72. The molecule has 4 N–H and O–H groups in total. The van der Waals surface area contributed by atoms with Crippen LogP contribution in [0.2, 0.25) is 0 Å². The highest BCUT2D eigenvalue weighted by Gasteiger charge is 2.23. The molecule has 0 radical (unpaired) electrons. The Hall–Kier alpha value is -1.63. The average Bonchev–Trinajstić information content (AvgIpc) is 2.45. The van der Waals surface area contributed by atoms with Gasteiger partial charge in [-0.3, -0.25) is 20.2 Å². The molecule has 1 fully saturated rings. The van der Waals surface area contributed by atoms with Gasteiger partial charge in [-0.15, -0.1) is 0 Å². The first kappa shape index (κ1) is 18.4. The van der Waals surface area contributed by atoms with Gasteiger partial charge in [-0.1, -0.05) is 33.1 Å². The number of carboxylic acid groups (broad SMARTS) is 1. The van der Waals surface area contributed by atoms with E-state index >= 15 is 0 Å². The van der Waals surface area contributed by atoms with E-state index in [-0.39, 0.29) is 12.6 Å². The molecule has 1 rings (SSSR count). The van der Waals surface area contributed by atoms with Crippen molar-refractivity contribution in [2.45, 2.75) is 64.5 Å². The minimum atomic E-state index is -0.991. The highest BCUT2D eigenvalue weighted by atomic mass is 16.4. The van der Waals surface area contributed by atoms with Crippen LogP contribution in [0.25, 0.3) is 0 Å². The lowest BCUT2D eigenvalue weighted by atomic mass is 9.86. The van der Waals surface area contributed by atoms with Crippen molar-refractivity contribution in [3.8, 4) is 0 Å². The molecule has 1 aliphatic rings. The summed E-state index contributed by atoms with van der Waals surface area (Å²) in [7, 11) is 0. The van der Waals surface area contributed by atoms with E-state index in [0.717, 1.165) is 19.3 Å². The molecule has 0 aliphatic heterocycles. The van der Waals surface area contributed by atoms with E-state index in [4.69, 9.17) is 5.11 Å². The molecule has 0 saturated heterocycles. The molecule has 0 aromatic carbocycles. The summed E-state index contributed by atoms with van der Waals surface area (Å²) in [5, 5.41) is 16.7. The van der Waals surface area contributed by atoms with E-state index in [1.807, 2.05) is 6.92 Å². The highest BCUT2D eigenvalue weighted by molar-refractivity contribution is 5.95. The quantitative estimate of drug-likeness (QED) is 0.565. The minimum absolute atomic E-state index is 0.0985. The maximum absolute atomic E-state index is 11.8. The molecule has 0 aromatic heterocycles. The lowest BCUT2D eigenvalue weighted by molar-refractivity contribution is -0.139. The number of urea groups is 1. The summed E-state index contributed by atoms with van der Waals surface area (Å²) < 4.78 is 0. The second kappa shape index (κ2) is 9.40. The SMILES string of the molecule is CCCC(NCC(=O)NC(=O)NC1CCCCC1C)C(=O)O. The van der Waals surface area contributed by atoms with Crippen LogP contribution in [0.1, 0.15) is 52.4 Å². The third-order valence-electron chi connectivity index (χ3n) is 4.07. The molecule has 126 valence electrons. The number of imide groups is 1. The van der Waals surface area contributed by atoms with E-state index in [9.17, 15) is 14.4 Å². The number of aliphatic carboxylic acids is 1. The van der Waals surface area contributed by atoms with Crippen LogP contribution in [0.15, 0.2) is 0 Å². The van der Waals surface area contributed by atoms with E-state index in [1.165, 1.54) is 6.42 Å². The van der Waals surface area contributed by atoms with Crippen LogP contribution in [0.4, 0.5) is 4.79 Å². The minimum Gasteiger partial charge on any atom is -0.480 e. The third-order valence-corrected chi connectivity index (χ3v) is 4.07. The Morgan fingerprint density at radius 1 is 1.23 bits per heavy atom. The van der Waals surface area contributed by atoms with Gasteiger partial charge in [-0.05, 0) is 25.2 Å². The Labute approximate surface area is 131 Å². The summed E-state index contributed by atoms with van der Waals surface area (Å²) in [6, 6.07) is -1.17. The predicted octanol–water partition coefficient (Wildman–Crippen LogP) is 1.23. The number of nitrogens with one attached hydrogen (secondary N) is 3. The van der Waals surface area contributed by atoms with E-state index in [1.54, 1.807) is 0 Å². The molecule has 7 nitrogen and oxygen atoms in total. The van der Waals surface area contributed by atoms with Gasteiger partial charge < -0.3 is 10.4 Å². The Morgan fingerprint density at radius 2 is 1.91 bits per heavy atom. The average molecular weight is 313 g/mol. The molecular formula is C15H27N3O4. The first-order valence-corrected chi connectivity index (χ1v) is 8.00. The first-order chi connectivity index (χ1) is 10.4. The van der Waals surface area contributed by atoms with Gasteiger partial charge in [0.1, 0.15) is 6.04 Å². The van der Waals surface area contributed by atoms with Crippen molar-refractivity contribution in [1.29, 1.82) is 0 Å². The Morgan fingerprint density at radius 3 is 2.50 bits per heavy atom. The zero-order valence-electron chi connectivity index (χ0n) is 13.4. The molecule has 0 spiro atoms. The number of carbonyl (C=O) groups excluding carboxylic acids is 2. The number of rotatable bonds is 7. The Kier molecular flexibility index (Phi) is 7.87. The van der Waals surface area contributed by atoms with Crippen LogP contribution in [0, 0.1) is 5.92 Å². The van der Waals surface area contributed by atoms with E-state index in [0.29, 0.717) is 18.8 Å². The van der Waals surface area contributed by atoms with Crippen LogP contribution in [0.3, 0.4) is 0 Å². The number of amides is 3. The fraction of sp³-hybridized carbons (Fsp3) is 0.800. The summed E-state index contributed by atoms with van der Waals surface area (Å²) in [4.78, 5) is 34.4. The normalized spacial score (nSPS) is 22.6. The lowest BCUT2D eigenvalue weighted by Crippen LogP contribution is -2.50. The molecule has 7 heteroatoms. The standard InChI is InChI=1S/C15H27N3O4/c1-3-6-12(14(20)21)16-9-13(19)18-15(22)17-11-8-5-4-7-10(11)2/h10-12,16H,3-9H2,1-2H3,(H,20,21)(H2,17,18,19,22). The third kappa shape index (κ3) is 6.43. The van der Waals surface area contributed by atoms with Crippen LogP contribution in [0.5, 0.6) is 0 Å². The molecule has 3 amide bonds. The predicted molar refractivity (Wildman–Crippen MR) is 82.4 cm³/mol. The number of carboxylic acids is 1. The van der Waals surface area contributed by atoms with Gasteiger partial charge in [0.2, 0.25) is 5.91 Å². The molecular weight excluding hydrogens is 286 g/mol. The molecule has 0 heterocycles. The molecule has 0 aromatic rings. The van der Waals surface area contributed by atoms with Crippen molar-refractivity contribution in [2.75, 3.05) is 6.54 Å². The van der Waals surface area contributed by atoms with Crippen molar-refractivity contribution >= 4 is 17.9 Å². The molecule has 0 bridgehead atoms. The Balaban J connectivity index is 2.31. The molecule has 22 heavy (non-hydrogen) atoms. The second-order valence-electron chi connectivity index (χ2n) is 5.95. The first-order valence-electron chi connectivity index (χ1n) is 8.00. The van der Waals surface area contributed by atoms with Crippen molar-refractivity contribution in [2.24, 2.45) is 5.92 Å². The maximum Gasteiger partial charge on any atom is 0.321 e. The monoisotopic (exact) mass is 313 g/mol. The van der Waals surface area contributed by atoms with Gasteiger partial charge >= 0.3 is 12.0 Å². The van der Waals surface area contributed by atoms with Crippen molar-refractivity contribution in [3.63, 3.8) is 0 Å². The molecule has 1 saturated carbocycles. The zero-order valence-corrected chi connectivity index (χ0v) is 13.4. The van der Waals surface area contributed by atoms with Crippen LogP contribution in [-0.4, -0.2) is 41.6 Å². The summed E-state index contributed by atoms with van der Waals surface area (Å²) in [5.41, 5.74) is 0. The highest BCUT2D eigenvalue weighted by Crippen LogP contribution is 2.23.